The molecule has 0 aliphatic rings. The number of hydrogen-bond acceptors (Lipinski definition) is 3. The summed E-state index contributed by atoms with van der Waals surface area (Å²) >= 11 is 2.25. The van der Waals surface area contributed by atoms with Crippen LogP contribution >= 0.6 is 22.6 Å². The molecule has 0 saturated carbocycles. The Kier molecular flexibility index (Phi) is 4.54. The number of methoxy groups -OCH3 is 1. The molecule has 2 aromatic rings. The molecule has 0 saturated heterocycles. The van der Waals surface area contributed by atoms with Gasteiger partial charge in [0.15, 0.2) is 0 Å². The van der Waals surface area contributed by atoms with Gasteiger partial charge in [-0.1, -0.05) is 6.07 Å². The van der Waals surface area contributed by atoms with E-state index in [1.165, 1.54) is 14.0 Å². The zero-order valence-corrected chi connectivity index (χ0v) is 10.6. The van der Waals surface area contributed by atoms with Crippen LogP contribution in [0.4, 0.5) is 0 Å². The second-order valence-electron chi connectivity index (χ2n) is 2.71. The maximum absolute atomic E-state index is 9.59. The molecule has 5 heteroatoms. The predicted octanol–water partition coefficient (Wildman–Crippen LogP) is 2.12. The van der Waals surface area contributed by atoms with E-state index in [2.05, 4.69) is 32.3 Å². The predicted molar refractivity (Wildman–Crippen MR) is 65.6 cm³/mol. The Morgan fingerprint density at radius 3 is 2.73 bits per heavy atom. The number of esters is 1. The number of aromatic nitrogens is 2. The monoisotopic (exact) mass is 318 g/mol. The van der Waals surface area contributed by atoms with Gasteiger partial charge in [0.1, 0.15) is 9.35 Å². The van der Waals surface area contributed by atoms with Gasteiger partial charge in [-0.3, -0.25) is 9.20 Å². The minimum absolute atomic E-state index is 0.245. The Balaban J connectivity index is 0.000000195. The number of hydrogen-bond donors (Lipinski definition) is 0. The van der Waals surface area contributed by atoms with Crippen LogP contribution in [-0.4, -0.2) is 22.5 Å². The summed E-state index contributed by atoms with van der Waals surface area (Å²) in [4.78, 5) is 13.8. The highest BCUT2D eigenvalue weighted by Gasteiger charge is 1.94. The van der Waals surface area contributed by atoms with E-state index in [0.717, 1.165) is 9.35 Å². The van der Waals surface area contributed by atoms with Crippen molar-refractivity contribution in [2.24, 2.45) is 0 Å². The fourth-order valence-corrected chi connectivity index (χ4v) is 1.45. The standard InChI is InChI=1S/C7H5IN2.C3H6O2/c8-6-5-9-7-3-1-2-4-10(6)7;1-3(4)5-2/h1-5H;1-2H3. The number of carbonyl (C=O) groups is 1. The van der Waals surface area contributed by atoms with E-state index in [-0.39, 0.29) is 5.97 Å². The van der Waals surface area contributed by atoms with Crippen LogP contribution < -0.4 is 0 Å². The summed E-state index contributed by atoms with van der Waals surface area (Å²) in [6, 6.07) is 5.97. The Morgan fingerprint density at radius 1 is 1.53 bits per heavy atom. The smallest absolute Gasteiger partial charge is 0.302 e. The summed E-state index contributed by atoms with van der Waals surface area (Å²) in [6.07, 6.45) is 3.86. The molecular formula is C10H11IN2O2. The molecule has 4 nitrogen and oxygen atoms in total. The number of carbonyl (C=O) groups excluding carboxylic acids is 1. The SMILES string of the molecule is COC(C)=O.Ic1cnc2ccccn12. The van der Waals surface area contributed by atoms with E-state index in [9.17, 15) is 4.79 Å². The van der Waals surface area contributed by atoms with Crippen LogP contribution in [0.3, 0.4) is 0 Å². The largest absolute Gasteiger partial charge is 0.469 e. The number of rotatable bonds is 0. The van der Waals surface area contributed by atoms with Gasteiger partial charge in [0.25, 0.3) is 0 Å². The van der Waals surface area contributed by atoms with Crippen LogP contribution in [0, 0.1) is 3.70 Å². The third kappa shape index (κ3) is 3.50. The fourth-order valence-electron chi connectivity index (χ4n) is 0.902. The number of halogens is 1. The molecule has 15 heavy (non-hydrogen) atoms. The van der Waals surface area contributed by atoms with Gasteiger partial charge in [-0.15, -0.1) is 0 Å². The van der Waals surface area contributed by atoms with Gasteiger partial charge in [0.05, 0.1) is 13.3 Å². The zero-order valence-electron chi connectivity index (χ0n) is 8.48. The highest BCUT2D eigenvalue weighted by molar-refractivity contribution is 14.1. The first kappa shape index (κ1) is 12.0. The van der Waals surface area contributed by atoms with Gasteiger partial charge in [0.2, 0.25) is 0 Å². The maximum Gasteiger partial charge on any atom is 0.302 e. The van der Waals surface area contributed by atoms with Crippen LogP contribution in [-0.2, 0) is 9.53 Å². The molecule has 2 aromatic heterocycles. The minimum atomic E-state index is -0.245. The number of imidazole rings is 1. The Labute approximate surface area is 101 Å². The van der Waals surface area contributed by atoms with E-state index in [1.807, 2.05) is 35.0 Å². The first-order chi connectivity index (χ1) is 7.15. The molecule has 2 heterocycles. The highest BCUT2D eigenvalue weighted by Crippen LogP contribution is 2.07. The third-order valence-electron chi connectivity index (χ3n) is 1.66. The van der Waals surface area contributed by atoms with E-state index in [1.54, 1.807) is 0 Å². The topological polar surface area (TPSA) is 43.6 Å². The summed E-state index contributed by atoms with van der Waals surface area (Å²) in [5.41, 5.74) is 1.01. The summed E-state index contributed by atoms with van der Waals surface area (Å²) in [6.45, 7) is 1.36. The number of nitrogens with zero attached hydrogens (tertiary/aromatic N) is 2. The minimum Gasteiger partial charge on any atom is -0.469 e. The van der Waals surface area contributed by atoms with Gasteiger partial charge in [-0.05, 0) is 34.7 Å². The van der Waals surface area contributed by atoms with Crippen molar-refractivity contribution < 1.29 is 9.53 Å². The molecule has 0 atom stereocenters. The summed E-state index contributed by atoms with van der Waals surface area (Å²) in [5.74, 6) is -0.245. The van der Waals surface area contributed by atoms with Crippen molar-refractivity contribution in [1.29, 1.82) is 0 Å². The molecule has 0 aliphatic carbocycles. The number of ether oxygens (including phenoxy) is 1. The van der Waals surface area contributed by atoms with Crippen molar-refractivity contribution in [2.45, 2.75) is 6.92 Å². The van der Waals surface area contributed by atoms with E-state index in [0.29, 0.717) is 0 Å². The molecular weight excluding hydrogens is 307 g/mol. The first-order valence-corrected chi connectivity index (χ1v) is 5.35. The quantitative estimate of drug-likeness (QED) is 0.552. The molecule has 2 rings (SSSR count). The number of pyridine rings is 1. The van der Waals surface area contributed by atoms with E-state index < -0.39 is 0 Å². The lowest BCUT2D eigenvalue weighted by molar-refractivity contribution is -0.137. The van der Waals surface area contributed by atoms with Crippen LogP contribution in [0.5, 0.6) is 0 Å². The Hall–Kier alpha value is -1.11. The molecule has 0 aliphatic heterocycles. The third-order valence-corrected chi connectivity index (χ3v) is 2.46. The van der Waals surface area contributed by atoms with Gasteiger partial charge in [-0.2, -0.15) is 0 Å². The second-order valence-corrected chi connectivity index (χ2v) is 3.81. The molecule has 80 valence electrons. The molecule has 0 N–H and O–H groups in total. The van der Waals surface area contributed by atoms with Crippen LogP contribution in [0.25, 0.3) is 5.65 Å². The van der Waals surface area contributed by atoms with Crippen LogP contribution in [0.2, 0.25) is 0 Å². The summed E-state index contributed by atoms with van der Waals surface area (Å²) < 4.78 is 7.30. The lowest BCUT2D eigenvalue weighted by Gasteiger charge is -1.90. The van der Waals surface area contributed by atoms with E-state index >= 15 is 0 Å². The van der Waals surface area contributed by atoms with Crippen molar-refractivity contribution in [3.63, 3.8) is 0 Å². The Bertz CT molecular complexity index is 453. The maximum atomic E-state index is 9.59. The van der Waals surface area contributed by atoms with Crippen molar-refractivity contribution in [3.05, 3.63) is 34.3 Å². The molecule has 0 amide bonds. The van der Waals surface area contributed by atoms with Crippen LogP contribution in [0.1, 0.15) is 6.92 Å². The molecule has 0 bridgehead atoms. The number of fused-ring (bicyclic) bond motifs is 1. The summed E-state index contributed by atoms with van der Waals surface area (Å²) in [7, 11) is 1.35. The van der Waals surface area contributed by atoms with E-state index in [4.69, 9.17) is 0 Å². The van der Waals surface area contributed by atoms with Crippen molar-refractivity contribution in [2.75, 3.05) is 7.11 Å². The summed E-state index contributed by atoms with van der Waals surface area (Å²) in [5, 5.41) is 0. The molecule has 0 radical (unpaired) electrons. The molecule has 0 spiro atoms. The van der Waals surface area contributed by atoms with Gasteiger partial charge >= 0.3 is 5.97 Å². The van der Waals surface area contributed by atoms with Crippen LogP contribution in [0.15, 0.2) is 30.6 Å². The van der Waals surface area contributed by atoms with Gasteiger partial charge in [0, 0.05) is 13.1 Å². The second kappa shape index (κ2) is 5.69. The fraction of sp³-hybridized carbons (Fsp3) is 0.200. The highest BCUT2D eigenvalue weighted by atomic mass is 127. The van der Waals surface area contributed by atoms with Crippen molar-refractivity contribution in [3.8, 4) is 0 Å². The zero-order chi connectivity index (χ0) is 11.3. The Morgan fingerprint density at radius 2 is 2.20 bits per heavy atom. The lowest BCUT2D eigenvalue weighted by atomic mass is 10.5. The molecule has 0 unspecified atom stereocenters. The lowest BCUT2D eigenvalue weighted by Crippen LogP contribution is -1.88. The average molecular weight is 318 g/mol. The van der Waals surface area contributed by atoms with Gasteiger partial charge in [-0.25, -0.2) is 4.98 Å². The first-order valence-electron chi connectivity index (χ1n) is 4.27. The average Bonchev–Trinajstić information content (AvgIpc) is 2.62. The van der Waals surface area contributed by atoms with Gasteiger partial charge < -0.3 is 4.74 Å². The molecule has 0 fully saturated rings. The van der Waals surface area contributed by atoms with Crippen molar-refractivity contribution >= 4 is 34.2 Å². The molecule has 0 aromatic carbocycles. The normalized spacial score (nSPS) is 9.27. The van der Waals surface area contributed by atoms with Crippen molar-refractivity contribution in [1.82, 2.24) is 9.38 Å².